The standard InChI is InChI=1S/C5H3BrN2OS/c6-4-3-2(1-10-4)7-5(9)8-3/h1H,(H2,7,8,9). The topological polar surface area (TPSA) is 48.6 Å². The number of halogens is 1. The highest BCUT2D eigenvalue weighted by Crippen LogP contribution is 2.26. The largest absolute Gasteiger partial charge is 0.323 e. The number of H-pyrrole nitrogens is 2. The molecular formula is C5H3BrN2OS. The Balaban J connectivity index is 3.03. The van der Waals surface area contributed by atoms with Gasteiger partial charge < -0.3 is 9.97 Å². The van der Waals surface area contributed by atoms with Crippen LogP contribution in [0.1, 0.15) is 0 Å². The second-order valence-corrected chi connectivity index (χ2v) is 4.07. The molecular weight excluding hydrogens is 216 g/mol. The second-order valence-electron chi connectivity index (χ2n) is 1.88. The zero-order valence-corrected chi connectivity index (χ0v) is 7.17. The Labute approximate surface area is 68.2 Å². The van der Waals surface area contributed by atoms with Gasteiger partial charge >= 0.3 is 5.69 Å². The van der Waals surface area contributed by atoms with Crippen molar-refractivity contribution in [3.05, 3.63) is 19.7 Å². The average Bonchev–Trinajstić information content (AvgIpc) is 2.35. The van der Waals surface area contributed by atoms with Gasteiger partial charge in [-0.25, -0.2) is 4.79 Å². The van der Waals surface area contributed by atoms with Gasteiger partial charge in [0, 0.05) is 5.38 Å². The van der Waals surface area contributed by atoms with Gasteiger partial charge in [0.25, 0.3) is 0 Å². The fourth-order valence-electron chi connectivity index (χ4n) is 0.810. The van der Waals surface area contributed by atoms with Gasteiger partial charge in [-0.15, -0.1) is 11.3 Å². The molecule has 0 unspecified atom stereocenters. The van der Waals surface area contributed by atoms with Crippen molar-refractivity contribution in [3.63, 3.8) is 0 Å². The number of hydrogen-bond acceptors (Lipinski definition) is 2. The maximum Gasteiger partial charge on any atom is 0.323 e. The Hall–Kier alpha value is -0.550. The summed E-state index contributed by atoms with van der Waals surface area (Å²) in [5, 5.41) is 1.89. The molecule has 0 aliphatic heterocycles. The Morgan fingerprint density at radius 3 is 3.00 bits per heavy atom. The molecule has 2 heterocycles. The summed E-state index contributed by atoms with van der Waals surface area (Å²) in [4.78, 5) is 16.0. The third kappa shape index (κ3) is 0.741. The van der Waals surface area contributed by atoms with E-state index in [0.29, 0.717) is 0 Å². The molecule has 0 aromatic carbocycles. The van der Waals surface area contributed by atoms with E-state index in [9.17, 15) is 4.79 Å². The molecule has 0 amide bonds. The number of imidazole rings is 1. The molecule has 0 aliphatic carbocycles. The van der Waals surface area contributed by atoms with Crippen LogP contribution < -0.4 is 5.69 Å². The summed E-state index contributed by atoms with van der Waals surface area (Å²) in [5.74, 6) is 0. The summed E-state index contributed by atoms with van der Waals surface area (Å²) in [6.45, 7) is 0. The van der Waals surface area contributed by atoms with Gasteiger partial charge in [0.05, 0.1) is 14.8 Å². The minimum Gasteiger partial charge on any atom is -0.305 e. The minimum atomic E-state index is -0.154. The van der Waals surface area contributed by atoms with Crippen molar-refractivity contribution in [2.24, 2.45) is 0 Å². The van der Waals surface area contributed by atoms with E-state index in [0.717, 1.165) is 14.8 Å². The fourth-order valence-corrected chi connectivity index (χ4v) is 2.08. The highest BCUT2D eigenvalue weighted by atomic mass is 79.9. The van der Waals surface area contributed by atoms with Crippen molar-refractivity contribution in [2.75, 3.05) is 0 Å². The highest BCUT2D eigenvalue weighted by molar-refractivity contribution is 9.11. The van der Waals surface area contributed by atoms with Gasteiger partial charge in [-0.05, 0) is 15.9 Å². The second kappa shape index (κ2) is 1.96. The normalized spacial score (nSPS) is 10.9. The van der Waals surface area contributed by atoms with Crippen molar-refractivity contribution in [3.8, 4) is 0 Å². The van der Waals surface area contributed by atoms with E-state index >= 15 is 0 Å². The molecule has 5 heteroatoms. The molecule has 2 N–H and O–H groups in total. The van der Waals surface area contributed by atoms with Crippen molar-refractivity contribution >= 4 is 38.3 Å². The van der Waals surface area contributed by atoms with Gasteiger partial charge in [-0.1, -0.05) is 0 Å². The quantitative estimate of drug-likeness (QED) is 0.695. The zero-order chi connectivity index (χ0) is 7.14. The van der Waals surface area contributed by atoms with Crippen molar-refractivity contribution in [1.29, 1.82) is 0 Å². The Bertz CT molecular complexity index is 412. The number of nitrogens with one attached hydrogen (secondary N) is 2. The Kier molecular flexibility index (Phi) is 1.21. The van der Waals surface area contributed by atoms with Crippen LogP contribution in [0.2, 0.25) is 0 Å². The molecule has 2 aromatic rings. The van der Waals surface area contributed by atoms with Crippen LogP contribution in [-0.2, 0) is 0 Å². The van der Waals surface area contributed by atoms with Crippen LogP contribution in [0.4, 0.5) is 0 Å². The van der Waals surface area contributed by atoms with Gasteiger partial charge in [0.15, 0.2) is 0 Å². The minimum absolute atomic E-state index is 0.154. The summed E-state index contributed by atoms with van der Waals surface area (Å²) in [7, 11) is 0. The van der Waals surface area contributed by atoms with Crippen LogP contribution >= 0.6 is 27.3 Å². The lowest BCUT2D eigenvalue weighted by Gasteiger charge is -1.73. The van der Waals surface area contributed by atoms with Gasteiger partial charge in [-0.3, -0.25) is 0 Å². The van der Waals surface area contributed by atoms with Crippen molar-refractivity contribution in [2.45, 2.75) is 0 Å². The number of fused-ring (bicyclic) bond motifs is 1. The number of aromatic amines is 2. The number of aromatic nitrogens is 2. The highest BCUT2D eigenvalue weighted by Gasteiger charge is 2.02. The monoisotopic (exact) mass is 218 g/mol. The Morgan fingerprint density at radius 2 is 2.30 bits per heavy atom. The number of thiophene rings is 1. The molecule has 0 radical (unpaired) electrons. The number of rotatable bonds is 0. The molecule has 0 bridgehead atoms. The number of hydrogen-bond donors (Lipinski definition) is 2. The summed E-state index contributed by atoms with van der Waals surface area (Å²) in [6, 6.07) is 0. The summed E-state index contributed by atoms with van der Waals surface area (Å²) < 4.78 is 0.959. The van der Waals surface area contributed by atoms with Gasteiger partial charge in [0.2, 0.25) is 0 Å². The fraction of sp³-hybridized carbons (Fsp3) is 0. The van der Waals surface area contributed by atoms with E-state index in [-0.39, 0.29) is 5.69 Å². The molecule has 52 valence electrons. The van der Waals surface area contributed by atoms with E-state index < -0.39 is 0 Å². The molecule has 0 saturated carbocycles. The van der Waals surface area contributed by atoms with Crippen LogP contribution in [-0.4, -0.2) is 9.97 Å². The lowest BCUT2D eigenvalue weighted by atomic mass is 10.5. The van der Waals surface area contributed by atoms with Crippen molar-refractivity contribution in [1.82, 2.24) is 9.97 Å². The van der Waals surface area contributed by atoms with E-state index in [1.54, 1.807) is 11.3 Å². The third-order valence-electron chi connectivity index (χ3n) is 1.23. The maximum atomic E-state index is 10.7. The molecule has 2 aromatic heterocycles. The maximum absolute atomic E-state index is 10.7. The third-order valence-corrected chi connectivity index (χ3v) is 2.95. The van der Waals surface area contributed by atoms with E-state index in [1.165, 1.54) is 0 Å². The summed E-state index contributed by atoms with van der Waals surface area (Å²) in [6.07, 6.45) is 0. The van der Waals surface area contributed by atoms with Crippen LogP contribution in [0.25, 0.3) is 11.0 Å². The molecule has 0 atom stereocenters. The molecule has 10 heavy (non-hydrogen) atoms. The predicted molar refractivity (Wildman–Crippen MR) is 44.5 cm³/mol. The molecule has 0 fully saturated rings. The first-order valence-corrected chi connectivity index (χ1v) is 4.29. The average molecular weight is 219 g/mol. The smallest absolute Gasteiger partial charge is 0.305 e. The van der Waals surface area contributed by atoms with Crippen LogP contribution in [0.5, 0.6) is 0 Å². The predicted octanol–water partition coefficient (Wildman–Crippen LogP) is 1.68. The molecule has 0 spiro atoms. The van der Waals surface area contributed by atoms with Crippen molar-refractivity contribution < 1.29 is 0 Å². The van der Waals surface area contributed by atoms with Gasteiger partial charge in [-0.2, -0.15) is 0 Å². The zero-order valence-electron chi connectivity index (χ0n) is 4.77. The Morgan fingerprint density at radius 1 is 1.50 bits per heavy atom. The van der Waals surface area contributed by atoms with E-state index in [4.69, 9.17) is 0 Å². The molecule has 2 rings (SSSR count). The molecule has 3 nitrogen and oxygen atoms in total. The lowest BCUT2D eigenvalue weighted by molar-refractivity contribution is 1.21. The van der Waals surface area contributed by atoms with E-state index in [1.807, 2.05) is 5.38 Å². The van der Waals surface area contributed by atoms with Crippen LogP contribution in [0.15, 0.2) is 14.0 Å². The van der Waals surface area contributed by atoms with Crippen LogP contribution in [0, 0.1) is 0 Å². The van der Waals surface area contributed by atoms with Gasteiger partial charge in [0.1, 0.15) is 0 Å². The first-order valence-electron chi connectivity index (χ1n) is 2.62. The summed E-state index contributed by atoms with van der Waals surface area (Å²) in [5.41, 5.74) is 1.57. The van der Waals surface area contributed by atoms with Crippen LogP contribution in [0.3, 0.4) is 0 Å². The first-order chi connectivity index (χ1) is 4.77. The summed E-state index contributed by atoms with van der Waals surface area (Å²) >= 11 is 4.86. The lowest BCUT2D eigenvalue weighted by Crippen LogP contribution is -1.99. The van der Waals surface area contributed by atoms with E-state index in [2.05, 4.69) is 25.9 Å². The SMILES string of the molecule is O=c1[nH]c2csc(Br)c2[nH]1. The first kappa shape index (κ1) is 6.18. The molecule has 0 aliphatic rings. The molecule has 0 saturated heterocycles.